The number of piperidine rings is 1. The van der Waals surface area contributed by atoms with E-state index in [4.69, 9.17) is 4.74 Å². The van der Waals surface area contributed by atoms with Crippen LogP contribution in [0.25, 0.3) is 0 Å². The third-order valence-corrected chi connectivity index (χ3v) is 4.57. The molecule has 0 bridgehead atoms. The lowest BCUT2D eigenvalue weighted by Gasteiger charge is -2.31. The summed E-state index contributed by atoms with van der Waals surface area (Å²) in [6, 6.07) is 6.18. The van der Waals surface area contributed by atoms with Gasteiger partial charge in [-0.1, -0.05) is 6.42 Å². The number of hydrogen-bond donors (Lipinski definition) is 2. The van der Waals surface area contributed by atoms with Crippen LogP contribution >= 0.6 is 0 Å². The van der Waals surface area contributed by atoms with Gasteiger partial charge in [0.1, 0.15) is 0 Å². The first-order valence-electron chi connectivity index (χ1n) is 9.45. The number of aromatic amines is 1. The molecule has 7 nitrogen and oxygen atoms in total. The average Bonchev–Trinajstić information content (AvgIpc) is 3.09. The molecule has 0 saturated carbocycles. The van der Waals surface area contributed by atoms with Crippen LogP contribution in [-0.4, -0.2) is 46.2 Å². The number of carbonyl (C=O) groups excluding carboxylic acids is 1. The van der Waals surface area contributed by atoms with Gasteiger partial charge >= 0.3 is 0 Å². The standard InChI is InChI=1S/C12H20N4O.C8H11NO/c1-9(16-6-4-3-5-7-16)11-8-12(15-14-11)13-10(2)17;1-6-4-7(2)9-8(5-6)10-3/h8-9H,3-7H2,1-2H3,(H2,13,14,15,17);4-5H,1-3H3. The predicted molar refractivity (Wildman–Crippen MR) is 107 cm³/mol. The van der Waals surface area contributed by atoms with Crippen molar-refractivity contribution in [2.45, 2.75) is 53.0 Å². The number of likely N-dealkylation sites (tertiary alicyclic amines) is 1. The Morgan fingerprint density at radius 1 is 1.22 bits per heavy atom. The number of carbonyl (C=O) groups is 1. The van der Waals surface area contributed by atoms with E-state index in [-0.39, 0.29) is 5.91 Å². The fourth-order valence-corrected chi connectivity index (χ4v) is 3.21. The fraction of sp³-hybridized carbons (Fsp3) is 0.550. The van der Waals surface area contributed by atoms with E-state index in [0.29, 0.717) is 17.7 Å². The molecule has 3 rings (SSSR count). The monoisotopic (exact) mass is 373 g/mol. The number of anilines is 1. The summed E-state index contributed by atoms with van der Waals surface area (Å²) in [5.41, 5.74) is 3.25. The van der Waals surface area contributed by atoms with Crippen molar-refractivity contribution >= 4 is 11.7 Å². The van der Waals surface area contributed by atoms with Gasteiger partial charge in [-0.3, -0.25) is 14.8 Å². The van der Waals surface area contributed by atoms with Gasteiger partial charge in [-0.15, -0.1) is 0 Å². The SMILES string of the molecule is CC(=O)Nc1cc(C(C)N2CCCCC2)[nH]n1.COc1cc(C)cc(C)n1. The summed E-state index contributed by atoms with van der Waals surface area (Å²) in [4.78, 5) is 17.5. The zero-order chi connectivity index (χ0) is 19.8. The highest BCUT2D eigenvalue weighted by Crippen LogP contribution is 2.23. The van der Waals surface area contributed by atoms with Gasteiger partial charge in [-0.05, 0) is 58.3 Å². The average molecular weight is 374 g/mol. The number of aromatic nitrogens is 3. The maximum atomic E-state index is 10.9. The van der Waals surface area contributed by atoms with E-state index < -0.39 is 0 Å². The molecule has 0 aromatic carbocycles. The van der Waals surface area contributed by atoms with Gasteiger partial charge < -0.3 is 10.1 Å². The molecule has 7 heteroatoms. The van der Waals surface area contributed by atoms with Crippen LogP contribution in [0.1, 0.15) is 56.1 Å². The summed E-state index contributed by atoms with van der Waals surface area (Å²) in [5.74, 6) is 1.21. The topological polar surface area (TPSA) is 83.1 Å². The van der Waals surface area contributed by atoms with Crippen LogP contribution in [0.5, 0.6) is 5.88 Å². The Labute approximate surface area is 161 Å². The van der Waals surface area contributed by atoms with E-state index in [1.165, 1.54) is 31.7 Å². The Morgan fingerprint density at radius 2 is 1.93 bits per heavy atom. The third kappa shape index (κ3) is 6.67. The highest BCUT2D eigenvalue weighted by Gasteiger charge is 2.19. The molecule has 1 aliphatic heterocycles. The molecule has 2 N–H and O–H groups in total. The van der Waals surface area contributed by atoms with Crippen molar-refractivity contribution in [3.05, 3.63) is 35.2 Å². The Balaban J connectivity index is 0.000000223. The van der Waals surface area contributed by atoms with E-state index in [0.717, 1.165) is 24.5 Å². The maximum absolute atomic E-state index is 10.9. The highest BCUT2D eigenvalue weighted by molar-refractivity contribution is 5.87. The highest BCUT2D eigenvalue weighted by atomic mass is 16.5. The van der Waals surface area contributed by atoms with Crippen molar-refractivity contribution < 1.29 is 9.53 Å². The molecule has 2 aromatic rings. The zero-order valence-corrected chi connectivity index (χ0v) is 17.0. The quantitative estimate of drug-likeness (QED) is 0.855. The largest absolute Gasteiger partial charge is 0.481 e. The van der Waals surface area contributed by atoms with Crippen molar-refractivity contribution in [3.63, 3.8) is 0 Å². The zero-order valence-electron chi connectivity index (χ0n) is 17.0. The second kappa shape index (κ2) is 10.1. The van der Waals surface area contributed by atoms with E-state index >= 15 is 0 Å². The molecule has 1 atom stereocenters. The molecule has 1 amide bonds. The van der Waals surface area contributed by atoms with Crippen molar-refractivity contribution in [2.75, 3.05) is 25.5 Å². The molecular weight excluding hydrogens is 342 g/mol. The number of amides is 1. The molecule has 1 aliphatic rings. The molecule has 3 heterocycles. The van der Waals surface area contributed by atoms with Crippen molar-refractivity contribution in [3.8, 4) is 5.88 Å². The Morgan fingerprint density at radius 3 is 2.52 bits per heavy atom. The summed E-state index contributed by atoms with van der Waals surface area (Å²) in [6.07, 6.45) is 3.89. The van der Waals surface area contributed by atoms with E-state index in [2.05, 4.69) is 32.3 Å². The normalized spacial score (nSPS) is 15.4. The summed E-state index contributed by atoms with van der Waals surface area (Å²) in [5, 5.41) is 9.77. The fourth-order valence-electron chi connectivity index (χ4n) is 3.21. The van der Waals surface area contributed by atoms with Crippen LogP contribution in [0, 0.1) is 13.8 Å². The van der Waals surface area contributed by atoms with Crippen LogP contribution < -0.4 is 10.1 Å². The van der Waals surface area contributed by atoms with Crippen LogP contribution in [0.3, 0.4) is 0 Å². The van der Waals surface area contributed by atoms with Gasteiger partial charge in [-0.25, -0.2) is 4.98 Å². The molecule has 0 aliphatic carbocycles. The third-order valence-electron chi connectivity index (χ3n) is 4.57. The number of rotatable bonds is 4. The van der Waals surface area contributed by atoms with Crippen LogP contribution in [0.15, 0.2) is 18.2 Å². The Hall–Kier alpha value is -2.41. The number of methoxy groups -OCH3 is 1. The lowest BCUT2D eigenvalue weighted by molar-refractivity contribution is -0.114. The Bertz CT molecular complexity index is 717. The number of hydrogen-bond acceptors (Lipinski definition) is 5. The number of pyridine rings is 1. The molecule has 1 saturated heterocycles. The molecule has 1 fully saturated rings. The number of ether oxygens (including phenoxy) is 1. The van der Waals surface area contributed by atoms with Gasteiger partial charge in [0.2, 0.25) is 11.8 Å². The second-order valence-corrected chi connectivity index (χ2v) is 6.99. The van der Waals surface area contributed by atoms with E-state index in [1.807, 2.05) is 32.0 Å². The number of nitrogens with one attached hydrogen (secondary N) is 2. The summed E-state index contributed by atoms with van der Waals surface area (Å²) in [7, 11) is 1.63. The van der Waals surface area contributed by atoms with Gasteiger partial charge in [0.05, 0.1) is 12.8 Å². The lowest BCUT2D eigenvalue weighted by atomic mass is 10.1. The van der Waals surface area contributed by atoms with Crippen molar-refractivity contribution in [1.29, 1.82) is 0 Å². The molecular formula is C20H31N5O2. The first kappa shape index (κ1) is 20.9. The first-order valence-corrected chi connectivity index (χ1v) is 9.45. The van der Waals surface area contributed by atoms with Crippen molar-refractivity contribution in [1.82, 2.24) is 20.1 Å². The molecule has 2 aromatic heterocycles. The van der Waals surface area contributed by atoms with E-state index in [1.54, 1.807) is 7.11 Å². The summed E-state index contributed by atoms with van der Waals surface area (Å²) < 4.78 is 4.96. The Kier molecular flexibility index (Phi) is 7.79. The minimum absolute atomic E-state index is 0.0892. The molecule has 148 valence electrons. The van der Waals surface area contributed by atoms with Gasteiger partial charge in [-0.2, -0.15) is 5.10 Å². The van der Waals surface area contributed by atoms with Crippen LogP contribution in [-0.2, 0) is 4.79 Å². The molecule has 0 radical (unpaired) electrons. The smallest absolute Gasteiger partial charge is 0.222 e. The second-order valence-electron chi connectivity index (χ2n) is 6.99. The first-order chi connectivity index (χ1) is 12.9. The summed E-state index contributed by atoms with van der Waals surface area (Å²) >= 11 is 0. The summed E-state index contributed by atoms with van der Waals surface area (Å²) in [6.45, 7) is 9.94. The minimum atomic E-state index is -0.0892. The molecule has 0 spiro atoms. The van der Waals surface area contributed by atoms with Gasteiger partial charge in [0, 0.05) is 30.8 Å². The van der Waals surface area contributed by atoms with E-state index in [9.17, 15) is 4.79 Å². The number of H-pyrrole nitrogens is 1. The molecule has 27 heavy (non-hydrogen) atoms. The number of aryl methyl sites for hydroxylation is 2. The molecule has 1 unspecified atom stereocenters. The number of nitrogens with zero attached hydrogens (tertiary/aromatic N) is 3. The van der Waals surface area contributed by atoms with Crippen LogP contribution in [0.2, 0.25) is 0 Å². The van der Waals surface area contributed by atoms with Crippen molar-refractivity contribution in [2.24, 2.45) is 0 Å². The maximum Gasteiger partial charge on any atom is 0.222 e. The van der Waals surface area contributed by atoms with Crippen LogP contribution in [0.4, 0.5) is 5.82 Å². The predicted octanol–water partition coefficient (Wildman–Crippen LogP) is 3.62. The minimum Gasteiger partial charge on any atom is -0.481 e. The van der Waals surface area contributed by atoms with Gasteiger partial charge in [0.15, 0.2) is 5.82 Å². The lowest BCUT2D eigenvalue weighted by Crippen LogP contribution is -2.32. The van der Waals surface area contributed by atoms with Gasteiger partial charge in [0.25, 0.3) is 0 Å².